The third kappa shape index (κ3) is 7.04. The number of sulfone groups is 1. The van der Waals surface area contributed by atoms with Crippen LogP contribution in [0.25, 0.3) is 5.69 Å². The Labute approximate surface area is 166 Å². The van der Waals surface area contributed by atoms with Crippen LogP contribution in [0.1, 0.15) is 0 Å². The number of hydrogen-bond donors (Lipinski definition) is 0. The second kappa shape index (κ2) is 8.32. The molecule has 0 saturated heterocycles. The SMILES string of the molecule is C[n+]1ccn(-c2cc(S(C)(=O)=O)c[c]([Sn]([CH3])([CH3])[CH3])c2)c1.O=S(=O)([O-])C(F)(F)F. The molecule has 1 heterocycles. The van der Waals surface area contributed by atoms with Crippen LogP contribution in [0, 0.1) is 0 Å². The molecule has 1 aromatic heterocycles. The molecule has 0 aliphatic carbocycles. The molecule has 0 unspecified atom stereocenters. The fraction of sp³-hybridized carbons (Fsp3) is 0.400. The number of aryl methyl sites for hydroxylation is 1. The van der Waals surface area contributed by atoms with Crippen LogP contribution < -0.4 is 8.15 Å². The van der Waals surface area contributed by atoms with E-state index in [1.807, 2.05) is 41.0 Å². The zero-order valence-corrected chi connectivity index (χ0v) is 20.3. The van der Waals surface area contributed by atoms with Crippen molar-refractivity contribution in [3.05, 3.63) is 36.9 Å². The van der Waals surface area contributed by atoms with E-state index in [0.717, 1.165) is 5.69 Å². The molecular weight excluding hydrogens is 528 g/mol. The number of benzene rings is 1. The van der Waals surface area contributed by atoms with Gasteiger partial charge >= 0.3 is 130 Å². The normalized spacial score (nSPS) is 13.0. The number of rotatable bonds is 3. The average molecular weight is 549 g/mol. The molecule has 13 heteroatoms. The van der Waals surface area contributed by atoms with E-state index in [2.05, 4.69) is 20.9 Å². The molecule has 28 heavy (non-hydrogen) atoms. The monoisotopic (exact) mass is 550 g/mol. The Hall–Kier alpha value is -1.12. The smallest absolute Gasteiger partial charge is 0.485 e. The maximum Gasteiger partial charge on any atom is 0.485 e. The first-order valence-corrected chi connectivity index (χ1v) is 21.0. The number of alkyl halides is 3. The van der Waals surface area contributed by atoms with Crippen LogP contribution in [0.4, 0.5) is 13.2 Å². The zero-order valence-electron chi connectivity index (χ0n) is 15.9. The van der Waals surface area contributed by atoms with Gasteiger partial charge in [-0.1, -0.05) is 0 Å². The standard InChI is InChI=1S/C11H12N2O2S.CHF3O3S.3CH3.Sn/c1-12-6-7-13(9-12)10-4-3-5-11(8-10)16(2,14)15;2-1(3,4)8(5,6)7;;;;/h4-9H,1-2H3;(H,5,6,7);3*1H3;/q+1;;;;;/p-1. The number of aromatic nitrogens is 2. The molecule has 0 aliphatic heterocycles. The molecule has 0 spiro atoms. The summed E-state index contributed by atoms with van der Waals surface area (Å²) < 4.78 is 87.8. The summed E-state index contributed by atoms with van der Waals surface area (Å²) in [7, 11) is -7.34. The molecule has 7 nitrogen and oxygen atoms in total. The van der Waals surface area contributed by atoms with Crippen molar-refractivity contribution in [2.45, 2.75) is 25.2 Å². The molecule has 2 rings (SSSR count). The van der Waals surface area contributed by atoms with Crippen molar-refractivity contribution in [2.75, 3.05) is 6.26 Å². The molecule has 0 radical (unpaired) electrons. The zero-order chi connectivity index (χ0) is 22.1. The van der Waals surface area contributed by atoms with E-state index in [0.29, 0.717) is 4.90 Å². The Bertz CT molecular complexity index is 1060. The van der Waals surface area contributed by atoms with E-state index < -0.39 is 43.8 Å². The van der Waals surface area contributed by atoms with E-state index in [1.165, 1.54) is 9.84 Å². The Kier molecular flexibility index (Phi) is 7.40. The van der Waals surface area contributed by atoms with Gasteiger partial charge in [0.2, 0.25) is 0 Å². The summed E-state index contributed by atoms with van der Waals surface area (Å²) in [5, 5.41) is 0. The van der Waals surface area contributed by atoms with Gasteiger partial charge < -0.3 is 4.55 Å². The van der Waals surface area contributed by atoms with Crippen molar-refractivity contribution in [3.8, 4) is 5.69 Å². The fourth-order valence-corrected chi connectivity index (χ4v) is 6.29. The minimum absolute atomic E-state index is 0.410. The molecule has 0 amide bonds. The Morgan fingerprint density at radius 1 is 1.07 bits per heavy atom. The molecule has 0 fully saturated rings. The molecule has 0 saturated carbocycles. The van der Waals surface area contributed by atoms with Crippen LogP contribution in [-0.4, -0.2) is 56.1 Å². The van der Waals surface area contributed by atoms with Crippen molar-refractivity contribution < 1.29 is 39.1 Å². The van der Waals surface area contributed by atoms with E-state index in [4.69, 9.17) is 13.0 Å². The van der Waals surface area contributed by atoms with Crippen molar-refractivity contribution >= 4 is 41.9 Å². The Morgan fingerprint density at radius 2 is 1.57 bits per heavy atom. The summed E-state index contributed by atoms with van der Waals surface area (Å²) in [5.41, 5.74) is -4.73. The van der Waals surface area contributed by atoms with Crippen molar-refractivity contribution in [1.29, 1.82) is 0 Å². The number of hydrogen-bond acceptors (Lipinski definition) is 5. The third-order valence-electron chi connectivity index (χ3n) is 3.54. The van der Waals surface area contributed by atoms with Gasteiger partial charge in [0.25, 0.3) is 0 Å². The van der Waals surface area contributed by atoms with Gasteiger partial charge in [-0.2, -0.15) is 13.2 Å². The number of nitrogens with zero attached hydrogens (tertiary/aromatic N) is 2. The minimum atomic E-state index is -6.09. The molecule has 0 N–H and O–H groups in total. The second-order valence-corrected chi connectivity index (χ2v) is 25.0. The topological polar surface area (TPSA) is 100 Å². The van der Waals surface area contributed by atoms with Crippen molar-refractivity contribution in [3.63, 3.8) is 0 Å². The quantitative estimate of drug-likeness (QED) is 0.249. The first-order valence-electron chi connectivity index (χ1n) is 7.74. The minimum Gasteiger partial charge on any atom is -0.741 e. The van der Waals surface area contributed by atoms with Crippen molar-refractivity contribution in [1.82, 2.24) is 4.57 Å². The predicted octanol–water partition coefficient (Wildman–Crippen LogP) is 1.30. The van der Waals surface area contributed by atoms with Gasteiger partial charge in [-0.05, 0) is 0 Å². The molecular formula is C15H21F3N2O5S2Sn. The van der Waals surface area contributed by atoms with Crippen LogP contribution in [0.15, 0.2) is 41.8 Å². The summed E-state index contributed by atoms with van der Waals surface area (Å²) in [5.74, 6) is 0. The predicted molar refractivity (Wildman–Crippen MR) is 98.8 cm³/mol. The summed E-state index contributed by atoms with van der Waals surface area (Å²) in [6.45, 7) is 0. The molecule has 0 bridgehead atoms. The Balaban J connectivity index is 0.000000416. The molecule has 158 valence electrons. The first-order chi connectivity index (χ1) is 12.3. The number of imidazole rings is 1. The van der Waals surface area contributed by atoms with Crippen LogP contribution in [0.3, 0.4) is 0 Å². The van der Waals surface area contributed by atoms with Crippen LogP contribution in [0.5, 0.6) is 0 Å². The summed E-state index contributed by atoms with van der Waals surface area (Å²) in [6.07, 6.45) is 7.07. The van der Waals surface area contributed by atoms with E-state index in [9.17, 15) is 21.6 Å². The van der Waals surface area contributed by atoms with Gasteiger partial charge in [0.05, 0.1) is 0 Å². The summed E-state index contributed by atoms with van der Waals surface area (Å²) in [6, 6.07) is 5.74. The van der Waals surface area contributed by atoms with Gasteiger partial charge in [-0.15, -0.1) is 0 Å². The second-order valence-electron chi connectivity index (χ2n) is 7.12. The number of halogens is 3. The largest absolute Gasteiger partial charge is 0.741 e. The van der Waals surface area contributed by atoms with Gasteiger partial charge in [0, 0.05) is 0 Å². The molecule has 1 aromatic carbocycles. The van der Waals surface area contributed by atoms with Gasteiger partial charge in [-0.3, -0.25) is 0 Å². The molecule has 0 aliphatic rings. The van der Waals surface area contributed by atoms with Crippen molar-refractivity contribution in [2.24, 2.45) is 7.05 Å². The maximum atomic E-state index is 11.9. The van der Waals surface area contributed by atoms with Gasteiger partial charge in [-0.25, -0.2) is 8.42 Å². The third-order valence-corrected chi connectivity index (χ3v) is 11.0. The Morgan fingerprint density at radius 3 is 1.89 bits per heavy atom. The average Bonchev–Trinajstić information content (AvgIpc) is 2.90. The fourth-order valence-electron chi connectivity index (χ4n) is 1.98. The molecule has 0 atom stereocenters. The van der Waals surface area contributed by atoms with Crippen LogP contribution in [-0.2, 0) is 27.0 Å². The molecule has 2 aromatic rings. The summed E-state index contributed by atoms with van der Waals surface area (Å²) in [4.78, 5) is 7.27. The van der Waals surface area contributed by atoms with Crippen LogP contribution >= 0.6 is 0 Å². The van der Waals surface area contributed by atoms with Gasteiger partial charge in [0.15, 0.2) is 10.1 Å². The van der Waals surface area contributed by atoms with Crippen LogP contribution in [0.2, 0.25) is 14.8 Å². The van der Waals surface area contributed by atoms with E-state index in [-0.39, 0.29) is 0 Å². The summed E-state index contributed by atoms with van der Waals surface area (Å²) >= 11 is -2.34. The van der Waals surface area contributed by atoms with E-state index in [1.54, 1.807) is 6.07 Å². The van der Waals surface area contributed by atoms with E-state index >= 15 is 0 Å². The first kappa shape index (κ1) is 24.9. The van der Waals surface area contributed by atoms with Gasteiger partial charge in [0.1, 0.15) is 0 Å². The maximum absolute atomic E-state index is 11.9.